The number of carbonyl (C=O) groups is 1. The molecular weight excluding hydrogens is 240 g/mol. The highest BCUT2D eigenvalue weighted by Gasteiger charge is 2.22. The summed E-state index contributed by atoms with van der Waals surface area (Å²) in [6, 6.07) is 1.95. The number of aromatic nitrogens is 1. The summed E-state index contributed by atoms with van der Waals surface area (Å²) in [7, 11) is 0. The van der Waals surface area contributed by atoms with Gasteiger partial charge in [-0.3, -0.25) is 9.78 Å². The van der Waals surface area contributed by atoms with Crippen LogP contribution in [0.3, 0.4) is 0 Å². The van der Waals surface area contributed by atoms with E-state index < -0.39 is 0 Å². The van der Waals surface area contributed by atoms with Crippen LogP contribution in [-0.4, -0.2) is 23.6 Å². The fourth-order valence-electron chi connectivity index (χ4n) is 3.07. The molecule has 3 rings (SSSR count). The molecule has 19 heavy (non-hydrogen) atoms. The third-order valence-corrected chi connectivity index (χ3v) is 4.09. The number of primary amides is 1. The van der Waals surface area contributed by atoms with Crippen molar-refractivity contribution in [2.24, 2.45) is 5.73 Å². The van der Waals surface area contributed by atoms with Gasteiger partial charge in [-0.25, -0.2) is 0 Å². The zero-order chi connectivity index (χ0) is 13.2. The fourth-order valence-corrected chi connectivity index (χ4v) is 3.07. The zero-order valence-corrected chi connectivity index (χ0v) is 11.2. The minimum Gasteiger partial charge on any atom is -0.378 e. The molecule has 0 spiro atoms. The van der Waals surface area contributed by atoms with E-state index in [0.29, 0.717) is 12.0 Å². The molecule has 2 N–H and O–H groups in total. The highest BCUT2D eigenvalue weighted by atomic mass is 16.5. The lowest BCUT2D eigenvalue weighted by atomic mass is 9.99. The Balaban J connectivity index is 1.87. The first-order chi connectivity index (χ1) is 9.24. The van der Waals surface area contributed by atoms with Crippen LogP contribution >= 0.6 is 0 Å². The summed E-state index contributed by atoms with van der Waals surface area (Å²) in [6.45, 7) is 0.821. The Labute approximate surface area is 113 Å². The standard InChI is InChI=1S/C15H20N2O2/c16-15(18)12-8-10-4-3-6-13(10)17-14(12)9-11-5-1-2-7-19-11/h8,11H,1-7,9H2,(H2,16,18). The van der Waals surface area contributed by atoms with Crippen LogP contribution in [0.1, 0.15) is 53.0 Å². The van der Waals surface area contributed by atoms with Crippen LogP contribution in [0.5, 0.6) is 0 Å². The van der Waals surface area contributed by atoms with Gasteiger partial charge in [0, 0.05) is 18.7 Å². The molecule has 1 aromatic rings. The summed E-state index contributed by atoms with van der Waals surface area (Å²) >= 11 is 0. The second-order valence-corrected chi connectivity index (χ2v) is 5.50. The molecule has 0 bridgehead atoms. The number of pyridine rings is 1. The fraction of sp³-hybridized carbons (Fsp3) is 0.600. The Morgan fingerprint density at radius 1 is 1.37 bits per heavy atom. The van der Waals surface area contributed by atoms with Gasteiger partial charge in [0.05, 0.1) is 17.4 Å². The van der Waals surface area contributed by atoms with Gasteiger partial charge in [0.25, 0.3) is 5.91 Å². The van der Waals surface area contributed by atoms with Crippen molar-refractivity contribution in [2.45, 2.75) is 51.0 Å². The molecular formula is C15H20N2O2. The van der Waals surface area contributed by atoms with Crippen LogP contribution in [0.25, 0.3) is 0 Å². The lowest BCUT2D eigenvalue weighted by Gasteiger charge is -2.23. The van der Waals surface area contributed by atoms with E-state index in [1.54, 1.807) is 0 Å². The molecule has 1 fully saturated rings. The topological polar surface area (TPSA) is 65.2 Å². The number of hydrogen-bond donors (Lipinski definition) is 1. The van der Waals surface area contributed by atoms with Crippen LogP contribution in [0.4, 0.5) is 0 Å². The van der Waals surface area contributed by atoms with Gasteiger partial charge in [-0.1, -0.05) is 0 Å². The number of carbonyl (C=O) groups excluding carboxylic acids is 1. The van der Waals surface area contributed by atoms with Crippen LogP contribution in [0, 0.1) is 0 Å². The molecule has 4 heteroatoms. The highest BCUT2D eigenvalue weighted by Crippen LogP contribution is 2.25. The summed E-state index contributed by atoms with van der Waals surface area (Å²) in [4.78, 5) is 16.3. The van der Waals surface area contributed by atoms with E-state index in [4.69, 9.17) is 10.5 Å². The molecule has 2 heterocycles. The first-order valence-electron chi connectivity index (χ1n) is 7.17. The van der Waals surface area contributed by atoms with Gasteiger partial charge in [0.1, 0.15) is 0 Å². The van der Waals surface area contributed by atoms with E-state index in [1.807, 2.05) is 6.07 Å². The molecule has 1 saturated heterocycles. The Morgan fingerprint density at radius 3 is 3.00 bits per heavy atom. The molecule has 0 aromatic carbocycles. The van der Waals surface area contributed by atoms with Crippen molar-refractivity contribution in [1.82, 2.24) is 4.98 Å². The van der Waals surface area contributed by atoms with Crippen molar-refractivity contribution in [3.05, 3.63) is 28.6 Å². The lowest BCUT2D eigenvalue weighted by Crippen LogP contribution is -2.25. The van der Waals surface area contributed by atoms with Gasteiger partial charge in [-0.15, -0.1) is 0 Å². The SMILES string of the molecule is NC(=O)c1cc2c(nc1CC1CCCCO1)CCC2. The van der Waals surface area contributed by atoms with Crippen molar-refractivity contribution in [3.63, 3.8) is 0 Å². The predicted octanol–water partition coefficient (Wildman–Crippen LogP) is 1.78. The van der Waals surface area contributed by atoms with E-state index in [2.05, 4.69) is 4.98 Å². The van der Waals surface area contributed by atoms with Crippen molar-refractivity contribution in [3.8, 4) is 0 Å². The van der Waals surface area contributed by atoms with E-state index in [9.17, 15) is 4.79 Å². The molecule has 1 aromatic heterocycles. The highest BCUT2D eigenvalue weighted by molar-refractivity contribution is 5.94. The minimum absolute atomic E-state index is 0.193. The first-order valence-corrected chi connectivity index (χ1v) is 7.17. The van der Waals surface area contributed by atoms with Gasteiger partial charge >= 0.3 is 0 Å². The third kappa shape index (κ3) is 2.63. The number of nitrogens with two attached hydrogens (primary N) is 1. The number of fused-ring (bicyclic) bond motifs is 1. The molecule has 1 atom stereocenters. The number of ether oxygens (including phenoxy) is 1. The molecule has 0 saturated carbocycles. The van der Waals surface area contributed by atoms with Crippen LogP contribution in [0.15, 0.2) is 6.07 Å². The van der Waals surface area contributed by atoms with E-state index >= 15 is 0 Å². The number of rotatable bonds is 3. The second-order valence-electron chi connectivity index (χ2n) is 5.50. The number of hydrogen-bond acceptors (Lipinski definition) is 3. The maximum atomic E-state index is 11.6. The van der Waals surface area contributed by atoms with Crippen molar-refractivity contribution < 1.29 is 9.53 Å². The summed E-state index contributed by atoms with van der Waals surface area (Å²) in [5.41, 5.74) is 9.27. The summed E-state index contributed by atoms with van der Waals surface area (Å²) in [5.74, 6) is -0.368. The Hall–Kier alpha value is -1.42. The third-order valence-electron chi connectivity index (χ3n) is 4.09. The van der Waals surface area contributed by atoms with Crippen LogP contribution < -0.4 is 5.73 Å². The molecule has 1 unspecified atom stereocenters. The first kappa shape index (κ1) is 12.6. The Morgan fingerprint density at radius 2 is 2.26 bits per heavy atom. The number of aryl methyl sites for hydroxylation is 2. The monoisotopic (exact) mass is 260 g/mol. The normalized spacial score (nSPS) is 22.2. The number of nitrogens with zero attached hydrogens (tertiary/aromatic N) is 1. The molecule has 4 nitrogen and oxygen atoms in total. The second kappa shape index (κ2) is 5.29. The van der Waals surface area contributed by atoms with Gasteiger partial charge in [0.15, 0.2) is 0 Å². The quantitative estimate of drug-likeness (QED) is 0.901. The molecule has 1 aliphatic heterocycles. The van der Waals surface area contributed by atoms with E-state index in [1.165, 1.54) is 12.0 Å². The minimum atomic E-state index is -0.368. The maximum absolute atomic E-state index is 11.6. The average molecular weight is 260 g/mol. The molecule has 1 amide bonds. The molecule has 2 aliphatic rings. The lowest BCUT2D eigenvalue weighted by molar-refractivity contribution is 0.0161. The maximum Gasteiger partial charge on any atom is 0.250 e. The summed E-state index contributed by atoms with van der Waals surface area (Å²) < 4.78 is 5.74. The van der Waals surface area contributed by atoms with Crippen LogP contribution in [0.2, 0.25) is 0 Å². The average Bonchev–Trinajstić information content (AvgIpc) is 2.86. The van der Waals surface area contributed by atoms with Crippen molar-refractivity contribution in [1.29, 1.82) is 0 Å². The van der Waals surface area contributed by atoms with E-state index in [-0.39, 0.29) is 12.0 Å². The Bertz CT molecular complexity index is 493. The van der Waals surface area contributed by atoms with Gasteiger partial charge in [0.2, 0.25) is 0 Å². The molecule has 1 aliphatic carbocycles. The van der Waals surface area contributed by atoms with Gasteiger partial charge in [-0.2, -0.15) is 0 Å². The smallest absolute Gasteiger partial charge is 0.250 e. The van der Waals surface area contributed by atoms with Crippen molar-refractivity contribution >= 4 is 5.91 Å². The van der Waals surface area contributed by atoms with Crippen molar-refractivity contribution in [2.75, 3.05) is 6.61 Å². The Kier molecular flexibility index (Phi) is 3.51. The van der Waals surface area contributed by atoms with Crippen LogP contribution in [-0.2, 0) is 24.0 Å². The summed E-state index contributed by atoms with van der Waals surface area (Å²) in [5, 5.41) is 0. The predicted molar refractivity (Wildman–Crippen MR) is 72.1 cm³/mol. The van der Waals surface area contributed by atoms with E-state index in [0.717, 1.165) is 50.1 Å². The number of amides is 1. The summed E-state index contributed by atoms with van der Waals surface area (Å²) in [6.07, 6.45) is 7.46. The molecule has 0 radical (unpaired) electrons. The molecule has 102 valence electrons. The zero-order valence-electron chi connectivity index (χ0n) is 11.2. The van der Waals surface area contributed by atoms with Gasteiger partial charge < -0.3 is 10.5 Å². The largest absolute Gasteiger partial charge is 0.378 e. The van der Waals surface area contributed by atoms with Gasteiger partial charge in [-0.05, 0) is 50.2 Å².